The molecular weight excluding hydrogens is 162 g/mol. The predicted octanol–water partition coefficient (Wildman–Crippen LogP) is 2.13. The molecule has 2 heteroatoms. The van der Waals surface area contributed by atoms with E-state index in [1.54, 1.807) is 0 Å². The SMILES string of the molecule is CCN(CC(C)(C)C)CC(C)(C)O. The van der Waals surface area contributed by atoms with E-state index in [4.69, 9.17) is 0 Å². The molecule has 0 radical (unpaired) electrons. The Morgan fingerprint density at radius 2 is 1.46 bits per heavy atom. The molecule has 13 heavy (non-hydrogen) atoms. The van der Waals surface area contributed by atoms with Crippen molar-refractivity contribution in [2.45, 2.75) is 47.1 Å². The zero-order valence-corrected chi connectivity index (χ0v) is 10.0. The van der Waals surface area contributed by atoms with E-state index in [2.05, 4.69) is 32.6 Å². The van der Waals surface area contributed by atoms with Gasteiger partial charge in [0.05, 0.1) is 5.60 Å². The Morgan fingerprint density at radius 1 is 1.00 bits per heavy atom. The fourth-order valence-corrected chi connectivity index (χ4v) is 1.50. The van der Waals surface area contributed by atoms with Crippen molar-refractivity contribution < 1.29 is 5.11 Å². The standard InChI is InChI=1S/C11H25NO/c1-7-12(8-10(2,3)4)9-11(5,6)13/h13H,7-9H2,1-6H3. The van der Waals surface area contributed by atoms with Crippen molar-refractivity contribution in [3.8, 4) is 0 Å². The van der Waals surface area contributed by atoms with E-state index >= 15 is 0 Å². The Labute approximate surface area is 82.9 Å². The second-order valence-electron chi connectivity index (χ2n) is 5.68. The van der Waals surface area contributed by atoms with Crippen LogP contribution in [0, 0.1) is 5.41 Å². The van der Waals surface area contributed by atoms with E-state index in [0.29, 0.717) is 5.41 Å². The number of likely N-dealkylation sites (N-methyl/N-ethyl adjacent to an activating group) is 1. The van der Waals surface area contributed by atoms with Gasteiger partial charge in [0.25, 0.3) is 0 Å². The zero-order chi connectivity index (χ0) is 10.7. The maximum Gasteiger partial charge on any atom is 0.0718 e. The van der Waals surface area contributed by atoms with Crippen LogP contribution in [0.2, 0.25) is 0 Å². The highest BCUT2D eigenvalue weighted by molar-refractivity contribution is 4.75. The van der Waals surface area contributed by atoms with Gasteiger partial charge in [0.2, 0.25) is 0 Å². The molecule has 0 amide bonds. The third-order valence-electron chi connectivity index (χ3n) is 1.76. The first kappa shape index (κ1) is 12.9. The lowest BCUT2D eigenvalue weighted by Crippen LogP contribution is -2.42. The average molecular weight is 187 g/mol. The molecule has 0 aromatic rings. The lowest BCUT2D eigenvalue weighted by Gasteiger charge is -2.33. The highest BCUT2D eigenvalue weighted by Gasteiger charge is 2.21. The second-order valence-corrected chi connectivity index (χ2v) is 5.68. The minimum absolute atomic E-state index is 0.307. The summed E-state index contributed by atoms with van der Waals surface area (Å²) in [5.41, 5.74) is -0.275. The van der Waals surface area contributed by atoms with Crippen molar-refractivity contribution in [3.63, 3.8) is 0 Å². The lowest BCUT2D eigenvalue weighted by atomic mass is 9.95. The molecule has 0 aromatic heterocycles. The Bertz CT molecular complexity index is 125. The van der Waals surface area contributed by atoms with E-state index in [9.17, 15) is 5.11 Å². The van der Waals surface area contributed by atoms with E-state index in [1.807, 2.05) is 13.8 Å². The summed E-state index contributed by atoms with van der Waals surface area (Å²) in [6.07, 6.45) is 0. The molecule has 0 aliphatic rings. The smallest absolute Gasteiger partial charge is 0.0718 e. The number of aliphatic hydroxyl groups is 1. The van der Waals surface area contributed by atoms with Crippen molar-refractivity contribution in [1.29, 1.82) is 0 Å². The van der Waals surface area contributed by atoms with Crippen LogP contribution in [0.5, 0.6) is 0 Å². The van der Waals surface area contributed by atoms with Crippen LogP contribution >= 0.6 is 0 Å². The largest absolute Gasteiger partial charge is 0.389 e. The van der Waals surface area contributed by atoms with E-state index in [1.165, 1.54) is 0 Å². The molecule has 0 aromatic carbocycles. The average Bonchev–Trinajstić information content (AvgIpc) is 1.79. The Hall–Kier alpha value is -0.0800. The number of rotatable bonds is 4. The van der Waals surface area contributed by atoms with Crippen LogP contribution in [0.3, 0.4) is 0 Å². The second kappa shape index (κ2) is 4.43. The van der Waals surface area contributed by atoms with Gasteiger partial charge in [-0.1, -0.05) is 27.7 Å². The van der Waals surface area contributed by atoms with Crippen molar-refractivity contribution in [3.05, 3.63) is 0 Å². The van der Waals surface area contributed by atoms with Gasteiger partial charge in [-0.3, -0.25) is 0 Å². The van der Waals surface area contributed by atoms with Crippen LogP contribution in [0.15, 0.2) is 0 Å². The third kappa shape index (κ3) is 8.26. The minimum Gasteiger partial charge on any atom is -0.389 e. The van der Waals surface area contributed by atoms with Gasteiger partial charge >= 0.3 is 0 Å². The van der Waals surface area contributed by atoms with Crippen molar-refractivity contribution in [1.82, 2.24) is 4.90 Å². The van der Waals surface area contributed by atoms with Gasteiger partial charge in [-0.25, -0.2) is 0 Å². The summed E-state index contributed by atoms with van der Waals surface area (Å²) in [6, 6.07) is 0. The molecule has 0 unspecified atom stereocenters. The molecular formula is C11H25NO. The third-order valence-corrected chi connectivity index (χ3v) is 1.76. The highest BCUT2D eigenvalue weighted by atomic mass is 16.3. The molecule has 0 aliphatic heterocycles. The molecule has 0 heterocycles. The van der Waals surface area contributed by atoms with Crippen molar-refractivity contribution in [2.24, 2.45) is 5.41 Å². The van der Waals surface area contributed by atoms with E-state index in [-0.39, 0.29) is 0 Å². The summed E-state index contributed by atoms with van der Waals surface area (Å²) in [6.45, 7) is 15.3. The number of nitrogens with zero attached hydrogens (tertiary/aromatic N) is 1. The molecule has 0 saturated heterocycles. The topological polar surface area (TPSA) is 23.5 Å². The molecule has 0 saturated carbocycles. The monoisotopic (exact) mass is 187 g/mol. The van der Waals surface area contributed by atoms with Crippen LogP contribution in [0.1, 0.15) is 41.5 Å². The fraction of sp³-hybridized carbons (Fsp3) is 1.00. The van der Waals surface area contributed by atoms with Gasteiger partial charge in [-0.2, -0.15) is 0 Å². The first-order valence-corrected chi connectivity index (χ1v) is 5.09. The molecule has 2 nitrogen and oxygen atoms in total. The van der Waals surface area contributed by atoms with Crippen LogP contribution < -0.4 is 0 Å². The van der Waals surface area contributed by atoms with Gasteiger partial charge in [0, 0.05) is 13.1 Å². The maximum atomic E-state index is 9.67. The van der Waals surface area contributed by atoms with E-state index in [0.717, 1.165) is 19.6 Å². The van der Waals surface area contributed by atoms with Crippen LogP contribution in [0.4, 0.5) is 0 Å². The zero-order valence-electron chi connectivity index (χ0n) is 10.0. The summed E-state index contributed by atoms with van der Waals surface area (Å²) in [5, 5.41) is 9.67. The predicted molar refractivity (Wildman–Crippen MR) is 57.9 cm³/mol. The summed E-state index contributed by atoms with van der Waals surface area (Å²) in [7, 11) is 0. The summed E-state index contributed by atoms with van der Waals surface area (Å²) >= 11 is 0. The summed E-state index contributed by atoms with van der Waals surface area (Å²) in [4.78, 5) is 2.29. The van der Waals surface area contributed by atoms with Crippen LogP contribution in [-0.2, 0) is 0 Å². The van der Waals surface area contributed by atoms with Gasteiger partial charge in [0.1, 0.15) is 0 Å². The molecule has 0 aliphatic carbocycles. The first-order valence-electron chi connectivity index (χ1n) is 5.09. The highest BCUT2D eigenvalue weighted by Crippen LogP contribution is 2.16. The molecule has 0 bridgehead atoms. The minimum atomic E-state index is -0.582. The fourth-order valence-electron chi connectivity index (χ4n) is 1.50. The number of hydrogen-bond acceptors (Lipinski definition) is 2. The summed E-state index contributed by atoms with van der Waals surface area (Å²) in [5.74, 6) is 0. The first-order chi connectivity index (χ1) is 5.64. The van der Waals surface area contributed by atoms with Crippen LogP contribution in [0.25, 0.3) is 0 Å². The normalized spacial score (nSPS) is 13.8. The van der Waals surface area contributed by atoms with Gasteiger partial charge in [-0.15, -0.1) is 0 Å². The molecule has 0 rings (SSSR count). The van der Waals surface area contributed by atoms with Gasteiger partial charge in [-0.05, 0) is 25.8 Å². The van der Waals surface area contributed by atoms with Gasteiger partial charge in [0.15, 0.2) is 0 Å². The summed E-state index contributed by atoms with van der Waals surface area (Å²) < 4.78 is 0. The molecule has 80 valence electrons. The van der Waals surface area contributed by atoms with Gasteiger partial charge < -0.3 is 10.0 Å². The molecule has 0 atom stereocenters. The van der Waals surface area contributed by atoms with Crippen molar-refractivity contribution >= 4 is 0 Å². The maximum absolute atomic E-state index is 9.67. The quantitative estimate of drug-likeness (QED) is 0.729. The Morgan fingerprint density at radius 3 is 1.69 bits per heavy atom. The number of hydrogen-bond donors (Lipinski definition) is 1. The van der Waals surface area contributed by atoms with E-state index < -0.39 is 5.60 Å². The Kier molecular flexibility index (Phi) is 4.40. The molecule has 0 fully saturated rings. The Balaban J connectivity index is 4.05. The molecule has 0 spiro atoms. The lowest BCUT2D eigenvalue weighted by molar-refractivity contribution is 0.0278. The molecule has 1 N–H and O–H groups in total. The van der Waals surface area contributed by atoms with Crippen LogP contribution in [-0.4, -0.2) is 35.2 Å². The van der Waals surface area contributed by atoms with Crippen molar-refractivity contribution in [2.75, 3.05) is 19.6 Å².